The number of rotatable bonds is 8. The van der Waals surface area contributed by atoms with Gasteiger partial charge in [-0.25, -0.2) is 21.9 Å². The lowest BCUT2D eigenvalue weighted by atomic mass is 10.1. The number of hydrogen-bond acceptors (Lipinski definition) is 5. The highest BCUT2D eigenvalue weighted by atomic mass is 32.2. The fraction of sp³-hybridized carbons (Fsp3) is 0.222. The van der Waals surface area contributed by atoms with Crippen LogP contribution >= 0.6 is 0 Å². The molecule has 0 aliphatic rings. The van der Waals surface area contributed by atoms with Gasteiger partial charge in [0, 0.05) is 24.6 Å². The predicted octanol–water partition coefficient (Wildman–Crippen LogP) is 2.64. The number of esters is 1. The molecule has 2 aromatic carbocycles. The minimum Gasteiger partial charge on any atom is -0.461 e. The third-order valence-electron chi connectivity index (χ3n) is 3.56. The van der Waals surface area contributed by atoms with Crippen molar-refractivity contribution >= 4 is 16.0 Å². The van der Waals surface area contributed by atoms with Crippen LogP contribution in [0.4, 0.5) is 8.78 Å². The van der Waals surface area contributed by atoms with Gasteiger partial charge in [-0.2, -0.15) is 5.26 Å². The predicted molar refractivity (Wildman–Crippen MR) is 91.7 cm³/mol. The highest BCUT2D eigenvalue weighted by Gasteiger charge is 2.19. The van der Waals surface area contributed by atoms with Gasteiger partial charge in [-0.3, -0.25) is 4.79 Å². The molecule has 0 unspecified atom stereocenters. The number of carbonyl (C=O) groups excluding carboxylic acids is 1. The minimum atomic E-state index is -4.15. The van der Waals surface area contributed by atoms with Crippen molar-refractivity contribution in [3.63, 3.8) is 0 Å². The summed E-state index contributed by atoms with van der Waals surface area (Å²) in [6, 6.07) is 10.8. The first kappa shape index (κ1) is 20.5. The molecule has 0 aliphatic carbocycles. The Morgan fingerprint density at radius 1 is 1.19 bits per heavy atom. The van der Waals surface area contributed by atoms with Crippen molar-refractivity contribution in [2.24, 2.45) is 0 Å². The second-order valence-electron chi connectivity index (χ2n) is 5.51. The van der Waals surface area contributed by atoms with Crippen LogP contribution < -0.4 is 4.72 Å². The Morgan fingerprint density at radius 2 is 1.93 bits per heavy atom. The molecule has 0 fully saturated rings. The number of carbonyl (C=O) groups is 1. The van der Waals surface area contributed by atoms with E-state index in [0.717, 1.165) is 12.1 Å². The monoisotopic (exact) mass is 394 g/mol. The lowest BCUT2D eigenvalue weighted by Crippen LogP contribution is -2.26. The topological polar surface area (TPSA) is 96.3 Å². The summed E-state index contributed by atoms with van der Waals surface area (Å²) in [5.74, 6) is -2.64. The average Bonchev–Trinajstić information content (AvgIpc) is 2.63. The molecule has 27 heavy (non-hydrogen) atoms. The van der Waals surface area contributed by atoms with E-state index in [9.17, 15) is 22.0 Å². The van der Waals surface area contributed by atoms with Crippen molar-refractivity contribution in [3.8, 4) is 6.07 Å². The van der Waals surface area contributed by atoms with Gasteiger partial charge in [0.1, 0.15) is 23.1 Å². The van der Waals surface area contributed by atoms with E-state index in [-0.39, 0.29) is 26.0 Å². The summed E-state index contributed by atoms with van der Waals surface area (Å²) in [7, 11) is -4.15. The van der Waals surface area contributed by atoms with Crippen LogP contribution in [0.2, 0.25) is 0 Å². The lowest BCUT2D eigenvalue weighted by molar-refractivity contribution is -0.145. The van der Waals surface area contributed by atoms with Crippen molar-refractivity contribution < 1.29 is 26.7 Å². The highest BCUT2D eigenvalue weighted by Crippen LogP contribution is 2.15. The molecule has 0 atom stereocenters. The summed E-state index contributed by atoms with van der Waals surface area (Å²) in [5, 5.41) is 8.96. The van der Waals surface area contributed by atoms with Crippen LogP contribution in [0.1, 0.15) is 24.0 Å². The number of sulfonamides is 1. The van der Waals surface area contributed by atoms with Crippen molar-refractivity contribution in [1.82, 2.24) is 4.72 Å². The maximum atomic E-state index is 13.6. The number of halogens is 2. The third-order valence-corrected chi connectivity index (χ3v) is 5.05. The molecule has 1 N–H and O–H groups in total. The molecular formula is C18H16F2N2O4S. The summed E-state index contributed by atoms with van der Waals surface area (Å²) >= 11 is 0. The maximum absolute atomic E-state index is 13.6. The zero-order valence-electron chi connectivity index (χ0n) is 14.1. The quantitative estimate of drug-likeness (QED) is 0.548. The molecule has 2 rings (SSSR count). The highest BCUT2D eigenvalue weighted by molar-refractivity contribution is 7.89. The van der Waals surface area contributed by atoms with Gasteiger partial charge in [0.25, 0.3) is 0 Å². The zero-order valence-corrected chi connectivity index (χ0v) is 14.9. The van der Waals surface area contributed by atoms with Gasteiger partial charge in [-0.1, -0.05) is 18.2 Å². The van der Waals surface area contributed by atoms with Crippen LogP contribution in [0.25, 0.3) is 0 Å². The molecule has 0 amide bonds. The molecule has 0 spiro atoms. The van der Waals surface area contributed by atoms with Crippen LogP contribution in [0.5, 0.6) is 0 Å². The SMILES string of the molecule is N#Cc1ccccc1COC(=O)CCCNS(=O)(=O)c1ccc(F)cc1F. The number of ether oxygens (including phenoxy) is 1. The Balaban J connectivity index is 1.79. The van der Waals surface area contributed by atoms with Gasteiger partial charge >= 0.3 is 5.97 Å². The van der Waals surface area contributed by atoms with Crippen LogP contribution in [-0.4, -0.2) is 20.9 Å². The van der Waals surface area contributed by atoms with Crippen LogP contribution in [-0.2, 0) is 26.2 Å². The smallest absolute Gasteiger partial charge is 0.306 e. The summed E-state index contributed by atoms with van der Waals surface area (Å²) in [6.07, 6.45) is 0.0594. The summed E-state index contributed by atoms with van der Waals surface area (Å²) in [5.41, 5.74) is 0.972. The Bertz CT molecular complexity index is 972. The van der Waals surface area contributed by atoms with Crippen molar-refractivity contribution in [2.75, 3.05) is 6.54 Å². The molecule has 0 aromatic heterocycles. The molecule has 142 valence electrons. The molecule has 2 aromatic rings. The standard InChI is InChI=1S/C18H16F2N2O4S/c19-15-7-8-17(16(20)10-15)27(24,25)22-9-3-6-18(23)26-12-14-5-2-1-4-13(14)11-21/h1-2,4-5,7-8,10,22H,3,6,9,12H2. The molecule has 0 aliphatic heterocycles. The number of nitrogens with zero attached hydrogens (tertiary/aromatic N) is 1. The Hall–Kier alpha value is -2.83. The molecule has 0 radical (unpaired) electrons. The second-order valence-corrected chi connectivity index (χ2v) is 7.24. The number of nitrogens with one attached hydrogen (secondary N) is 1. The van der Waals surface area contributed by atoms with E-state index >= 15 is 0 Å². The van der Waals surface area contributed by atoms with Crippen LogP contribution in [0, 0.1) is 23.0 Å². The van der Waals surface area contributed by atoms with Gasteiger partial charge in [0.05, 0.1) is 11.6 Å². The van der Waals surface area contributed by atoms with Crippen molar-refractivity contribution in [2.45, 2.75) is 24.3 Å². The molecule has 9 heteroatoms. The minimum absolute atomic E-state index is 0.0604. The number of hydrogen-bond donors (Lipinski definition) is 1. The first-order chi connectivity index (χ1) is 12.8. The van der Waals surface area contributed by atoms with Gasteiger partial charge in [-0.15, -0.1) is 0 Å². The van der Waals surface area contributed by atoms with Gasteiger partial charge in [-0.05, 0) is 24.6 Å². The summed E-state index contributed by atoms with van der Waals surface area (Å²) < 4.78 is 57.5. The Kier molecular flexibility index (Phi) is 6.98. The normalized spacial score (nSPS) is 11.0. The summed E-state index contributed by atoms with van der Waals surface area (Å²) in [6.45, 7) is -0.182. The van der Waals surface area contributed by atoms with Crippen molar-refractivity contribution in [3.05, 3.63) is 65.2 Å². The number of benzene rings is 2. The first-order valence-corrected chi connectivity index (χ1v) is 9.40. The van der Waals surface area contributed by atoms with Crippen LogP contribution in [0.15, 0.2) is 47.4 Å². The van der Waals surface area contributed by atoms with E-state index in [0.29, 0.717) is 17.2 Å². The maximum Gasteiger partial charge on any atom is 0.306 e. The van der Waals surface area contributed by atoms with E-state index in [4.69, 9.17) is 10.00 Å². The summed E-state index contributed by atoms with van der Waals surface area (Å²) in [4.78, 5) is 11.1. The average molecular weight is 394 g/mol. The molecule has 0 bridgehead atoms. The van der Waals surface area contributed by atoms with E-state index in [1.807, 2.05) is 6.07 Å². The Morgan fingerprint density at radius 3 is 2.63 bits per heavy atom. The fourth-order valence-corrected chi connectivity index (χ4v) is 3.33. The molecule has 0 heterocycles. The lowest BCUT2D eigenvalue weighted by Gasteiger charge is -2.08. The van der Waals surface area contributed by atoms with Gasteiger partial charge in [0.2, 0.25) is 10.0 Å². The number of nitriles is 1. The fourth-order valence-electron chi connectivity index (χ4n) is 2.20. The van der Waals surface area contributed by atoms with Crippen molar-refractivity contribution in [1.29, 1.82) is 5.26 Å². The van der Waals surface area contributed by atoms with E-state index in [1.165, 1.54) is 0 Å². The molecule has 0 saturated carbocycles. The van der Waals surface area contributed by atoms with E-state index in [2.05, 4.69) is 4.72 Å². The largest absolute Gasteiger partial charge is 0.461 e. The first-order valence-electron chi connectivity index (χ1n) is 7.92. The Labute approximate surface area is 155 Å². The van der Waals surface area contributed by atoms with Crippen LogP contribution in [0.3, 0.4) is 0 Å². The molecular weight excluding hydrogens is 378 g/mol. The third kappa shape index (κ3) is 5.84. The van der Waals surface area contributed by atoms with E-state index in [1.54, 1.807) is 24.3 Å². The van der Waals surface area contributed by atoms with E-state index < -0.39 is 32.5 Å². The van der Waals surface area contributed by atoms with Gasteiger partial charge < -0.3 is 4.74 Å². The zero-order chi connectivity index (χ0) is 19.9. The molecule has 6 nitrogen and oxygen atoms in total. The second kappa shape index (κ2) is 9.21. The molecule has 0 saturated heterocycles. The van der Waals surface area contributed by atoms with Gasteiger partial charge in [0.15, 0.2) is 0 Å².